The topological polar surface area (TPSA) is 48.8 Å². The van der Waals surface area contributed by atoms with Gasteiger partial charge in [0.2, 0.25) is 0 Å². The van der Waals surface area contributed by atoms with Gasteiger partial charge in [0.1, 0.15) is 4.91 Å². The van der Waals surface area contributed by atoms with Gasteiger partial charge in [-0.3, -0.25) is 14.7 Å². The highest BCUT2D eigenvalue weighted by Crippen LogP contribution is 2.50. The van der Waals surface area contributed by atoms with Gasteiger partial charge in [-0.05, 0) is 60.1 Å². The van der Waals surface area contributed by atoms with E-state index >= 15 is 0 Å². The van der Waals surface area contributed by atoms with E-state index in [9.17, 15) is 4.79 Å². The molecule has 6 rings (SSSR count). The Bertz CT molecular complexity index is 1500. The number of fused-ring (bicyclic) bond motifs is 2. The first kappa shape index (κ1) is 21.9. The molecule has 0 saturated carbocycles. The van der Waals surface area contributed by atoms with Crippen LogP contribution in [0.25, 0.3) is 10.9 Å². The number of thioether (sulfide) groups is 2. The quantitative estimate of drug-likeness (QED) is 0.305. The number of anilines is 1. The summed E-state index contributed by atoms with van der Waals surface area (Å²) in [6.07, 6.45) is 2.55. The molecule has 7 heteroatoms. The van der Waals surface area contributed by atoms with Gasteiger partial charge in [0.25, 0.3) is 5.91 Å². The fourth-order valence-electron chi connectivity index (χ4n) is 4.24. The van der Waals surface area contributed by atoms with Crippen LogP contribution in [0.4, 0.5) is 11.4 Å². The summed E-state index contributed by atoms with van der Waals surface area (Å²) in [6, 6.07) is 28.4. The number of pyridine rings is 1. The maximum atomic E-state index is 13.7. The molecule has 0 spiro atoms. The van der Waals surface area contributed by atoms with Gasteiger partial charge in [0.05, 0.1) is 21.9 Å². The minimum atomic E-state index is 0.00860. The number of carbonyl (C=O) groups is 1. The highest BCUT2D eigenvalue weighted by atomic mass is 32.2. The normalized spacial score (nSPS) is 18.7. The Morgan fingerprint density at radius 1 is 0.914 bits per heavy atom. The van der Waals surface area contributed by atoms with Crippen LogP contribution in [-0.2, 0) is 11.2 Å². The summed E-state index contributed by atoms with van der Waals surface area (Å²) in [5.74, 6) is 0.00860. The molecule has 0 unspecified atom stereocenters. The molecule has 0 N–H and O–H groups in total. The SMILES string of the molecule is CN1/C(=C2/SC(=Nc3ccc4ncccc4c3)N(CCc3ccccc3)C2=O)Sc2ccccc21. The zero-order chi connectivity index (χ0) is 23.8. The third-order valence-electron chi connectivity index (χ3n) is 6.07. The van der Waals surface area contributed by atoms with Crippen LogP contribution < -0.4 is 4.90 Å². The fraction of sp³-hybridized carbons (Fsp3) is 0.107. The van der Waals surface area contributed by atoms with Crippen molar-refractivity contribution in [1.29, 1.82) is 0 Å². The van der Waals surface area contributed by atoms with Gasteiger partial charge in [-0.25, -0.2) is 4.99 Å². The molecule has 0 aliphatic carbocycles. The molecule has 3 aromatic carbocycles. The lowest BCUT2D eigenvalue weighted by molar-refractivity contribution is -0.122. The average molecular weight is 495 g/mol. The summed E-state index contributed by atoms with van der Waals surface area (Å²) in [5.41, 5.74) is 4.06. The average Bonchev–Trinajstić information content (AvgIpc) is 3.39. The second-order valence-corrected chi connectivity index (χ2v) is 10.3. The maximum absolute atomic E-state index is 13.7. The molecule has 0 atom stereocenters. The van der Waals surface area contributed by atoms with Gasteiger partial charge >= 0.3 is 0 Å². The van der Waals surface area contributed by atoms with E-state index in [-0.39, 0.29) is 5.91 Å². The predicted molar refractivity (Wildman–Crippen MR) is 146 cm³/mol. The van der Waals surface area contributed by atoms with Crippen LogP contribution in [0.1, 0.15) is 5.56 Å². The largest absolute Gasteiger partial charge is 0.337 e. The third kappa shape index (κ3) is 4.22. The number of carbonyl (C=O) groups excluding carboxylic acids is 1. The Morgan fingerprint density at radius 3 is 2.60 bits per heavy atom. The van der Waals surface area contributed by atoms with Crippen LogP contribution in [0.15, 0.2) is 111 Å². The number of aliphatic imine (C=N–C) groups is 1. The van der Waals surface area contributed by atoms with Crippen molar-refractivity contribution in [1.82, 2.24) is 9.88 Å². The summed E-state index contributed by atoms with van der Waals surface area (Å²) in [5, 5.41) is 2.69. The summed E-state index contributed by atoms with van der Waals surface area (Å²) in [6.45, 7) is 0.571. The lowest BCUT2D eigenvalue weighted by Crippen LogP contribution is -2.31. The Morgan fingerprint density at radius 2 is 1.74 bits per heavy atom. The minimum absolute atomic E-state index is 0.00860. The standard InChI is InChI=1S/C28H22N4OS2/c1-31-23-11-5-6-12-24(23)34-27(31)25-26(33)32(17-15-19-8-3-2-4-9-19)28(35-25)30-21-13-14-22-20(18-21)10-7-16-29-22/h2-14,16,18H,15,17H2,1H3/b27-25-,30-28?. The van der Waals surface area contributed by atoms with Crippen molar-refractivity contribution < 1.29 is 4.79 Å². The van der Waals surface area contributed by atoms with Crippen molar-refractivity contribution in [3.05, 3.63) is 107 Å². The molecule has 2 aliphatic rings. The Kier molecular flexibility index (Phi) is 5.80. The van der Waals surface area contributed by atoms with E-state index < -0.39 is 0 Å². The smallest absolute Gasteiger partial charge is 0.269 e. The van der Waals surface area contributed by atoms with Gasteiger partial charge in [0, 0.05) is 30.1 Å². The van der Waals surface area contributed by atoms with E-state index in [1.165, 1.54) is 17.3 Å². The van der Waals surface area contributed by atoms with Gasteiger partial charge in [-0.1, -0.05) is 60.3 Å². The van der Waals surface area contributed by atoms with Crippen LogP contribution in [-0.4, -0.2) is 34.6 Å². The zero-order valence-corrected chi connectivity index (χ0v) is 20.7. The van der Waals surface area contributed by atoms with Crippen molar-refractivity contribution in [2.45, 2.75) is 11.3 Å². The van der Waals surface area contributed by atoms with Gasteiger partial charge in [0.15, 0.2) is 5.17 Å². The molecule has 2 aliphatic heterocycles. The molecular formula is C28H22N4OS2. The van der Waals surface area contributed by atoms with Crippen molar-refractivity contribution >= 4 is 56.9 Å². The van der Waals surface area contributed by atoms with Crippen molar-refractivity contribution in [3.8, 4) is 0 Å². The molecule has 3 heterocycles. The third-order valence-corrected chi connectivity index (χ3v) is 8.51. The van der Waals surface area contributed by atoms with E-state index in [1.54, 1.807) is 18.0 Å². The summed E-state index contributed by atoms with van der Waals surface area (Å²) in [7, 11) is 2.02. The lowest BCUT2D eigenvalue weighted by Gasteiger charge is -2.16. The highest BCUT2D eigenvalue weighted by molar-refractivity contribution is 8.19. The Hall–Kier alpha value is -3.55. The van der Waals surface area contributed by atoms with Gasteiger partial charge in [-0.15, -0.1) is 0 Å². The number of aromatic nitrogens is 1. The highest BCUT2D eigenvalue weighted by Gasteiger charge is 2.38. The predicted octanol–water partition coefficient (Wildman–Crippen LogP) is 6.45. The first-order chi connectivity index (χ1) is 17.2. The summed E-state index contributed by atoms with van der Waals surface area (Å²) < 4.78 is 0. The number of rotatable bonds is 4. The Labute approximate surface area is 212 Å². The van der Waals surface area contributed by atoms with Crippen LogP contribution in [0.2, 0.25) is 0 Å². The molecule has 1 fully saturated rings. The number of nitrogens with zero attached hydrogens (tertiary/aromatic N) is 4. The molecule has 5 nitrogen and oxygen atoms in total. The molecule has 0 radical (unpaired) electrons. The number of para-hydroxylation sites is 1. The first-order valence-electron chi connectivity index (χ1n) is 11.4. The second-order valence-electron chi connectivity index (χ2n) is 8.33. The molecule has 4 aromatic rings. The first-order valence-corrected chi connectivity index (χ1v) is 13.0. The number of amidine groups is 1. The van der Waals surface area contributed by atoms with E-state index in [2.05, 4.69) is 34.1 Å². The van der Waals surface area contributed by atoms with Crippen LogP contribution >= 0.6 is 23.5 Å². The number of benzene rings is 3. The van der Waals surface area contributed by atoms with Crippen LogP contribution in [0, 0.1) is 0 Å². The monoisotopic (exact) mass is 494 g/mol. The molecular weight excluding hydrogens is 472 g/mol. The molecule has 1 aromatic heterocycles. The van der Waals surface area contributed by atoms with E-state index in [4.69, 9.17) is 4.99 Å². The Balaban J connectivity index is 1.38. The van der Waals surface area contributed by atoms with Crippen molar-refractivity contribution in [2.24, 2.45) is 4.99 Å². The van der Waals surface area contributed by atoms with Crippen molar-refractivity contribution in [2.75, 3.05) is 18.5 Å². The van der Waals surface area contributed by atoms with Gasteiger partial charge < -0.3 is 4.90 Å². The maximum Gasteiger partial charge on any atom is 0.269 e. The second kappa shape index (κ2) is 9.24. The summed E-state index contributed by atoms with van der Waals surface area (Å²) in [4.78, 5) is 28.9. The van der Waals surface area contributed by atoms with Gasteiger partial charge in [-0.2, -0.15) is 0 Å². The molecule has 172 valence electrons. The van der Waals surface area contributed by atoms with Crippen molar-refractivity contribution in [3.63, 3.8) is 0 Å². The zero-order valence-electron chi connectivity index (χ0n) is 19.1. The van der Waals surface area contributed by atoms with Crippen LogP contribution in [0.3, 0.4) is 0 Å². The molecule has 0 bridgehead atoms. The number of hydrogen-bond donors (Lipinski definition) is 0. The molecule has 35 heavy (non-hydrogen) atoms. The molecule has 1 amide bonds. The summed E-state index contributed by atoms with van der Waals surface area (Å²) >= 11 is 3.11. The lowest BCUT2D eigenvalue weighted by atomic mass is 10.1. The van der Waals surface area contributed by atoms with E-state index in [0.29, 0.717) is 11.7 Å². The minimum Gasteiger partial charge on any atom is -0.337 e. The van der Waals surface area contributed by atoms with E-state index in [1.807, 2.05) is 72.6 Å². The fourth-order valence-corrected chi connectivity index (χ4v) is 6.61. The molecule has 1 saturated heterocycles. The van der Waals surface area contributed by atoms with Crippen LogP contribution in [0.5, 0.6) is 0 Å². The number of amides is 1. The van der Waals surface area contributed by atoms with E-state index in [0.717, 1.165) is 43.5 Å². The number of hydrogen-bond acceptors (Lipinski definition) is 6.